The van der Waals surface area contributed by atoms with Gasteiger partial charge in [0.25, 0.3) is 0 Å². The molecule has 3 nitrogen and oxygen atoms in total. The molecule has 3 N–H and O–H groups in total. The summed E-state index contributed by atoms with van der Waals surface area (Å²) in [5, 5.41) is 2.86. The van der Waals surface area contributed by atoms with Crippen LogP contribution in [0.4, 0.5) is 5.69 Å². The summed E-state index contributed by atoms with van der Waals surface area (Å²) in [6.45, 7) is 2.04. The molecule has 4 heteroatoms. The van der Waals surface area contributed by atoms with E-state index in [1.807, 2.05) is 55.5 Å². The Labute approximate surface area is 132 Å². The molecule has 0 saturated heterocycles. The van der Waals surface area contributed by atoms with Crippen molar-refractivity contribution in [3.05, 3.63) is 63.2 Å². The van der Waals surface area contributed by atoms with Crippen LogP contribution >= 0.6 is 22.6 Å². The molecule has 1 atom stereocenters. The Morgan fingerprint density at radius 1 is 1.25 bits per heavy atom. The summed E-state index contributed by atoms with van der Waals surface area (Å²) in [4.78, 5) is 12.1. The zero-order valence-corrected chi connectivity index (χ0v) is 13.4. The van der Waals surface area contributed by atoms with Crippen molar-refractivity contribution >= 4 is 34.2 Å². The maximum atomic E-state index is 12.1. The van der Waals surface area contributed by atoms with Crippen LogP contribution in [0, 0.1) is 10.5 Å². The number of nitrogens with two attached hydrogens (primary N) is 1. The standard InChI is InChI=1S/C16H17IN2O/c1-11-7-8-13(10-14(11)17)19-16(20)15(18)9-12-5-3-2-4-6-12/h2-8,10,15H,9,18H2,1H3,(H,19,20). The first-order valence-corrected chi connectivity index (χ1v) is 7.50. The van der Waals surface area contributed by atoms with Crippen LogP contribution in [0.5, 0.6) is 0 Å². The van der Waals surface area contributed by atoms with E-state index in [1.165, 1.54) is 5.56 Å². The minimum atomic E-state index is -0.545. The van der Waals surface area contributed by atoms with Gasteiger partial charge in [0.1, 0.15) is 0 Å². The summed E-state index contributed by atoms with van der Waals surface area (Å²) in [5.41, 5.74) is 8.99. The first-order valence-electron chi connectivity index (χ1n) is 6.43. The Morgan fingerprint density at radius 2 is 1.95 bits per heavy atom. The molecule has 0 aromatic heterocycles. The highest BCUT2D eigenvalue weighted by molar-refractivity contribution is 14.1. The Kier molecular flexibility index (Phi) is 5.14. The lowest BCUT2D eigenvalue weighted by molar-refractivity contribution is -0.117. The molecule has 0 aliphatic rings. The van der Waals surface area contributed by atoms with E-state index in [0.29, 0.717) is 6.42 Å². The molecule has 0 fully saturated rings. The molecule has 0 heterocycles. The Morgan fingerprint density at radius 3 is 2.60 bits per heavy atom. The van der Waals surface area contributed by atoms with Gasteiger partial charge in [0.2, 0.25) is 5.91 Å². The lowest BCUT2D eigenvalue weighted by Gasteiger charge is -2.13. The van der Waals surface area contributed by atoms with Gasteiger partial charge >= 0.3 is 0 Å². The van der Waals surface area contributed by atoms with Crippen LogP contribution in [-0.4, -0.2) is 11.9 Å². The highest BCUT2D eigenvalue weighted by Gasteiger charge is 2.14. The van der Waals surface area contributed by atoms with Gasteiger partial charge in [-0.25, -0.2) is 0 Å². The molecule has 0 spiro atoms. The number of amides is 1. The van der Waals surface area contributed by atoms with E-state index in [-0.39, 0.29) is 5.91 Å². The quantitative estimate of drug-likeness (QED) is 0.801. The molecule has 0 aliphatic carbocycles. The number of nitrogens with one attached hydrogen (secondary N) is 1. The normalized spacial score (nSPS) is 11.9. The monoisotopic (exact) mass is 380 g/mol. The second-order valence-corrected chi connectivity index (χ2v) is 5.91. The van der Waals surface area contributed by atoms with E-state index in [2.05, 4.69) is 27.9 Å². The Balaban J connectivity index is 1.99. The van der Waals surface area contributed by atoms with Crippen molar-refractivity contribution in [2.45, 2.75) is 19.4 Å². The lowest BCUT2D eigenvalue weighted by atomic mass is 10.1. The number of carbonyl (C=O) groups is 1. The first kappa shape index (κ1) is 15.0. The van der Waals surface area contributed by atoms with E-state index in [1.54, 1.807) is 0 Å². The fourth-order valence-corrected chi connectivity index (χ4v) is 2.38. The molecule has 0 radical (unpaired) electrons. The van der Waals surface area contributed by atoms with Crippen molar-refractivity contribution in [1.29, 1.82) is 0 Å². The molecule has 0 bridgehead atoms. The number of hydrogen-bond acceptors (Lipinski definition) is 2. The summed E-state index contributed by atoms with van der Waals surface area (Å²) in [6, 6.07) is 15.1. The van der Waals surface area contributed by atoms with Crippen LogP contribution in [0.25, 0.3) is 0 Å². The summed E-state index contributed by atoms with van der Waals surface area (Å²) in [6.07, 6.45) is 0.537. The van der Waals surface area contributed by atoms with Crippen LogP contribution in [0.15, 0.2) is 48.5 Å². The molecule has 0 saturated carbocycles. The van der Waals surface area contributed by atoms with Gasteiger partial charge in [0.05, 0.1) is 6.04 Å². The van der Waals surface area contributed by atoms with E-state index in [4.69, 9.17) is 5.73 Å². The summed E-state index contributed by atoms with van der Waals surface area (Å²) < 4.78 is 1.12. The van der Waals surface area contributed by atoms with Gasteiger partial charge in [-0.3, -0.25) is 4.79 Å². The molecule has 20 heavy (non-hydrogen) atoms. The number of carbonyl (C=O) groups excluding carboxylic acids is 1. The zero-order chi connectivity index (χ0) is 14.5. The summed E-state index contributed by atoms with van der Waals surface area (Å²) in [5.74, 6) is -0.159. The molecule has 104 valence electrons. The van der Waals surface area contributed by atoms with Crippen molar-refractivity contribution in [2.24, 2.45) is 5.73 Å². The average molecular weight is 380 g/mol. The van der Waals surface area contributed by atoms with Crippen LogP contribution in [0.1, 0.15) is 11.1 Å². The number of anilines is 1. The van der Waals surface area contributed by atoms with Crippen molar-refractivity contribution < 1.29 is 4.79 Å². The van der Waals surface area contributed by atoms with Crippen LogP contribution < -0.4 is 11.1 Å². The lowest BCUT2D eigenvalue weighted by Crippen LogP contribution is -2.37. The van der Waals surface area contributed by atoms with E-state index >= 15 is 0 Å². The van der Waals surface area contributed by atoms with Gasteiger partial charge in [-0.05, 0) is 59.2 Å². The topological polar surface area (TPSA) is 55.1 Å². The van der Waals surface area contributed by atoms with E-state index < -0.39 is 6.04 Å². The highest BCUT2D eigenvalue weighted by atomic mass is 127. The third-order valence-electron chi connectivity index (χ3n) is 3.07. The molecule has 2 rings (SSSR count). The van der Waals surface area contributed by atoms with Crippen molar-refractivity contribution in [2.75, 3.05) is 5.32 Å². The minimum Gasteiger partial charge on any atom is -0.325 e. The molecule has 2 aromatic carbocycles. The van der Waals surface area contributed by atoms with Gasteiger partial charge in [-0.1, -0.05) is 36.4 Å². The second kappa shape index (κ2) is 6.85. The van der Waals surface area contributed by atoms with E-state index in [9.17, 15) is 4.79 Å². The second-order valence-electron chi connectivity index (χ2n) is 4.75. The SMILES string of the molecule is Cc1ccc(NC(=O)C(N)Cc2ccccc2)cc1I. The molecule has 0 aliphatic heterocycles. The van der Waals surface area contributed by atoms with Crippen LogP contribution in [-0.2, 0) is 11.2 Å². The average Bonchev–Trinajstić information content (AvgIpc) is 2.44. The third kappa shape index (κ3) is 4.05. The maximum absolute atomic E-state index is 12.1. The number of rotatable bonds is 4. The van der Waals surface area contributed by atoms with E-state index in [0.717, 1.165) is 14.8 Å². The Bertz CT molecular complexity index is 599. The third-order valence-corrected chi connectivity index (χ3v) is 4.24. The van der Waals surface area contributed by atoms with Gasteiger partial charge in [-0.2, -0.15) is 0 Å². The zero-order valence-electron chi connectivity index (χ0n) is 11.3. The highest BCUT2D eigenvalue weighted by Crippen LogP contribution is 2.17. The molecular formula is C16H17IN2O. The number of hydrogen-bond donors (Lipinski definition) is 2. The van der Waals surface area contributed by atoms with Gasteiger partial charge < -0.3 is 11.1 Å². The predicted molar refractivity (Wildman–Crippen MR) is 90.6 cm³/mol. The van der Waals surface area contributed by atoms with Gasteiger partial charge in [-0.15, -0.1) is 0 Å². The Hall–Kier alpha value is -1.40. The number of aryl methyl sites for hydroxylation is 1. The van der Waals surface area contributed by atoms with Gasteiger partial charge in [0, 0.05) is 9.26 Å². The fourth-order valence-electron chi connectivity index (χ4n) is 1.87. The predicted octanol–water partition coefficient (Wildman–Crippen LogP) is 3.11. The number of benzene rings is 2. The fraction of sp³-hybridized carbons (Fsp3) is 0.188. The largest absolute Gasteiger partial charge is 0.325 e. The molecular weight excluding hydrogens is 363 g/mol. The minimum absolute atomic E-state index is 0.159. The molecule has 1 unspecified atom stereocenters. The van der Waals surface area contributed by atoms with Gasteiger partial charge in [0.15, 0.2) is 0 Å². The maximum Gasteiger partial charge on any atom is 0.241 e. The summed E-state index contributed by atoms with van der Waals surface area (Å²) >= 11 is 2.25. The smallest absolute Gasteiger partial charge is 0.241 e. The van der Waals surface area contributed by atoms with Crippen molar-refractivity contribution in [3.63, 3.8) is 0 Å². The first-order chi connectivity index (χ1) is 9.56. The van der Waals surface area contributed by atoms with Crippen molar-refractivity contribution in [1.82, 2.24) is 0 Å². The van der Waals surface area contributed by atoms with Crippen molar-refractivity contribution in [3.8, 4) is 0 Å². The van der Waals surface area contributed by atoms with Crippen LogP contribution in [0.2, 0.25) is 0 Å². The molecule has 1 amide bonds. The molecule has 2 aromatic rings. The van der Waals surface area contributed by atoms with Crippen LogP contribution in [0.3, 0.4) is 0 Å². The summed E-state index contributed by atoms with van der Waals surface area (Å²) in [7, 11) is 0. The number of halogens is 1.